The maximum absolute atomic E-state index is 14.1. The van der Waals surface area contributed by atoms with Crippen LogP contribution in [0.2, 0.25) is 0 Å². The number of nitrogens with zero attached hydrogens (tertiary/aromatic N) is 4. The van der Waals surface area contributed by atoms with Crippen molar-refractivity contribution in [2.75, 3.05) is 43.0 Å². The van der Waals surface area contributed by atoms with E-state index in [4.69, 9.17) is 10.5 Å². The van der Waals surface area contributed by atoms with Gasteiger partial charge in [-0.2, -0.15) is 0 Å². The molecule has 1 fully saturated rings. The molecule has 12 heteroatoms. The zero-order valence-corrected chi connectivity index (χ0v) is 28.0. The number of Topliss-reactive ketones (excluding diaryl/α,β-unsaturated/α-hetero) is 1. The van der Waals surface area contributed by atoms with Gasteiger partial charge in [-0.15, -0.1) is 0 Å². The topological polar surface area (TPSA) is 152 Å². The molecule has 1 unspecified atom stereocenters. The summed E-state index contributed by atoms with van der Waals surface area (Å²) >= 11 is 0. The van der Waals surface area contributed by atoms with E-state index in [1.807, 2.05) is 89.8 Å². The van der Waals surface area contributed by atoms with Crippen molar-refractivity contribution in [1.29, 1.82) is 0 Å². The van der Waals surface area contributed by atoms with Crippen LogP contribution in [0.4, 0.5) is 11.5 Å². The highest BCUT2D eigenvalue weighted by atomic mass is 16.5. The normalized spacial score (nSPS) is 14.2. The first-order valence-corrected chi connectivity index (χ1v) is 16.2. The monoisotopic (exact) mass is 681 g/mol. The van der Waals surface area contributed by atoms with Crippen molar-refractivity contribution in [3.63, 3.8) is 0 Å². The second kappa shape index (κ2) is 16.9. The fraction of sp³-hybridized carbons (Fsp3) is 0.342. The molecule has 3 amide bonds. The smallest absolute Gasteiger partial charge is 0.250 e. The first kappa shape index (κ1) is 37.5. The number of piperazine rings is 1. The third-order valence-corrected chi connectivity index (χ3v) is 8.33. The summed E-state index contributed by atoms with van der Waals surface area (Å²) in [5.74, 6) is -0.911. The molecule has 2 heterocycles. The van der Waals surface area contributed by atoms with E-state index in [9.17, 15) is 19.2 Å². The van der Waals surface area contributed by atoms with E-state index >= 15 is 0 Å². The van der Waals surface area contributed by atoms with Crippen LogP contribution in [0, 0.1) is 0 Å². The molecule has 2 atom stereocenters. The number of nitrogens with two attached hydrogens (primary N) is 1. The van der Waals surface area contributed by atoms with Crippen molar-refractivity contribution in [2.45, 2.75) is 52.4 Å². The van der Waals surface area contributed by atoms with Gasteiger partial charge in [-0.05, 0) is 56.2 Å². The van der Waals surface area contributed by atoms with E-state index in [1.165, 1.54) is 6.33 Å². The number of anilines is 2. The van der Waals surface area contributed by atoms with Crippen LogP contribution in [0.1, 0.15) is 55.7 Å². The van der Waals surface area contributed by atoms with Gasteiger partial charge in [-0.1, -0.05) is 68.1 Å². The summed E-state index contributed by atoms with van der Waals surface area (Å²) in [6, 6.07) is 24.6. The molecule has 0 spiro atoms. The molecular formula is C38H47N7O5. The Balaban J connectivity index is 0.00000562. The fourth-order valence-electron chi connectivity index (χ4n) is 5.49. The average molecular weight is 682 g/mol. The summed E-state index contributed by atoms with van der Waals surface area (Å²) in [5.41, 5.74) is 8.13. The maximum Gasteiger partial charge on any atom is 0.250 e. The second-order valence-electron chi connectivity index (χ2n) is 12.7. The molecule has 0 saturated carbocycles. The van der Waals surface area contributed by atoms with Gasteiger partial charge < -0.3 is 35.5 Å². The van der Waals surface area contributed by atoms with E-state index < -0.39 is 29.4 Å². The summed E-state index contributed by atoms with van der Waals surface area (Å²) in [6.45, 7) is 7.10. The second-order valence-corrected chi connectivity index (χ2v) is 12.7. The quantitative estimate of drug-likeness (QED) is 0.179. The number of aromatic nitrogens is 2. The van der Waals surface area contributed by atoms with Gasteiger partial charge in [0.15, 0.2) is 11.6 Å². The molecule has 264 valence electrons. The minimum Gasteiger partial charge on any atom is -0.374 e. The Morgan fingerprint density at radius 2 is 1.52 bits per heavy atom. The van der Waals surface area contributed by atoms with Gasteiger partial charge in [0.1, 0.15) is 12.1 Å². The van der Waals surface area contributed by atoms with Crippen LogP contribution in [0.15, 0.2) is 97.5 Å². The van der Waals surface area contributed by atoms with E-state index in [2.05, 4.69) is 20.5 Å². The zero-order chi connectivity index (χ0) is 35.0. The van der Waals surface area contributed by atoms with E-state index in [-0.39, 0.29) is 38.1 Å². The van der Waals surface area contributed by atoms with Crippen LogP contribution in [0.3, 0.4) is 0 Å². The number of carbonyl (C=O) groups is 4. The van der Waals surface area contributed by atoms with Crippen LogP contribution < -0.4 is 21.3 Å². The molecule has 0 aliphatic carbocycles. The minimum atomic E-state index is -1.21. The van der Waals surface area contributed by atoms with Crippen molar-refractivity contribution in [3.8, 4) is 0 Å². The van der Waals surface area contributed by atoms with Crippen LogP contribution in [0.25, 0.3) is 0 Å². The Labute approximate surface area is 293 Å². The highest BCUT2D eigenvalue weighted by molar-refractivity contribution is 5.98. The maximum atomic E-state index is 14.1. The molecule has 1 aromatic heterocycles. The number of benzene rings is 3. The predicted octanol–water partition coefficient (Wildman–Crippen LogP) is 4.04. The van der Waals surface area contributed by atoms with Gasteiger partial charge in [0.25, 0.3) is 5.91 Å². The molecule has 12 nitrogen and oxygen atoms in total. The lowest BCUT2D eigenvalue weighted by atomic mass is 10.0. The van der Waals surface area contributed by atoms with Crippen molar-refractivity contribution in [2.24, 2.45) is 5.73 Å². The summed E-state index contributed by atoms with van der Waals surface area (Å²) in [7, 11) is 0. The van der Waals surface area contributed by atoms with E-state index in [0.29, 0.717) is 31.7 Å². The third-order valence-electron chi connectivity index (χ3n) is 8.33. The largest absolute Gasteiger partial charge is 0.374 e. The summed E-state index contributed by atoms with van der Waals surface area (Å²) in [4.78, 5) is 60.4. The number of ketones is 1. The Bertz CT molecular complexity index is 1730. The first-order chi connectivity index (χ1) is 23.5. The van der Waals surface area contributed by atoms with Gasteiger partial charge in [-0.25, -0.2) is 4.98 Å². The number of ether oxygens (including phenoxy) is 1. The molecule has 4 N–H and O–H groups in total. The van der Waals surface area contributed by atoms with Crippen LogP contribution >= 0.6 is 0 Å². The number of hydrogen-bond acceptors (Lipinski definition) is 8. The van der Waals surface area contributed by atoms with Crippen LogP contribution in [-0.2, 0) is 25.7 Å². The van der Waals surface area contributed by atoms with Gasteiger partial charge in [-0.3, -0.25) is 19.2 Å². The van der Waals surface area contributed by atoms with Crippen molar-refractivity contribution < 1.29 is 23.9 Å². The van der Waals surface area contributed by atoms with Gasteiger partial charge in [0.05, 0.1) is 25.1 Å². The van der Waals surface area contributed by atoms with E-state index in [1.54, 1.807) is 31.5 Å². The molecule has 1 aliphatic rings. The lowest BCUT2D eigenvalue weighted by molar-refractivity contribution is -0.133. The number of nitrogens with one attached hydrogen (secondary N) is 2. The molecule has 50 heavy (non-hydrogen) atoms. The number of imidazole rings is 1. The Kier molecular flexibility index (Phi) is 12.6. The number of rotatable bonds is 13. The highest BCUT2D eigenvalue weighted by Crippen LogP contribution is 2.25. The van der Waals surface area contributed by atoms with Crippen molar-refractivity contribution in [3.05, 3.63) is 114 Å². The molecule has 4 aromatic rings. The van der Waals surface area contributed by atoms with Gasteiger partial charge in [0.2, 0.25) is 11.8 Å². The summed E-state index contributed by atoms with van der Waals surface area (Å²) in [6.07, 6.45) is 3.12. The minimum absolute atomic E-state index is 0. The Morgan fingerprint density at radius 1 is 0.900 bits per heavy atom. The molecular weight excluding hydrogens is 634 g/mol. The number of amides is 3. The molecule has 0 bridgehead atoms. The van der Waals surface area contributed by atoms with Gasteiger partial charge >= 0.3 is 0 Å². The fourth-order valence-corrected chi connectivity index (χ4v) is 5.49. The molecule has 3 aromatic carbocycles. The Hall–Kier alpha value is -5.33. The Morgan fingerprint density at radius 3 is 2.12 bits per heavy atom. The average Bonchev–Trinajstić information content (AvgIpc) is 3.56. The van der Waals surface area contributed by atoms with Crippen LogP contribution in [0.5, 0.6) is 0 Å². The zero-order valence-electron chi connectivity index (χ0n) is 28.0. The van der Waals surface area contributed by atoms with Crippen molar-refractivity contribution >= 4 is 35.0 Å². The molecule has 5 rings (SSSR count). The summed E-state index contributed by atoms with van der Waals surface area (Å²) in [5, 5.41) is 5.46. The number of hydrogen-bond donors (Lipinski definition) is 3. The first-order valence-electron chi connectivity index (χ1n) is 16.2. The number of carbonyl (C=O) groups excluding carboxylic acids is 4. The predicted molar refractivity (Wildman–Crippen MR) is 194 cm³/mol. The highest BCUT2D eigenvalue weighted by Gasteiger charge is 2.32. The van der Waals surface area contributed by atoms with E-state index in [0.717, 1.165) is 16.8 Å². The lowest BCUT2D eigenvalue weighted by Gasteiger charge is -2.37. The molecule has 1 aliphatic heterocycles. The SMILES string of the molecule is C.CC(=O)c1ccc(N2CCN(C(=O)C(c3ccccc3)n3cnc(NC(=O)[C@@H](COCc4ccccc4)NC(=O)C(C)(C)N)c3)CC2)cc1. The third kappa shape index (κ3) is 9.64. The van der Waals surface area contributed by atoms with Crippen molar-refractivity contribution in [1.82, 2.24) is 19.8 Å². The lowest BCUT2D eigenvalue weighted by Crippen LogP contribution is -2.56. The van der Waals surface area contributed by atoms with Crippen LogP contribution in [-0.4, -0.2) is 82.3 Å². The molecule has 0 radical (unpaired) electrons. The standard InChI is InChI=1S/C37H43N7O5.CH4/c1-26(45)28-14-16-30(17-15-28)42-18-20-43(21-19-42)35(47)33(29-12-8-5-9-13-29)44-22-32(39-25-44)41-34(46)31(40-36(48)37(2,3)38)24-49-23-27-10-6-4-7-11-27;/h4-17,22,25,31,33H,18-21,23-24,38H2,1-3H3,(H,40,48)(H,41,46);1H4/t31-,33?;/m1./s1. The summed E-state index contributed by atoms with van der Waals surface area (Å²) < 4.78 is 7.48. The molecule has 1 saturated heterocycles. The van der Waals surface area contributed by atoms with Gasteiger partial charge in [0, 0.05) is 43.6 Å².